The molecule has 2 heterocycles. The lowest BCUT2D eigenvalue weighted by Crippen LogP contribution is -2.43. The molecule has 0 aromatic rings. The van der Waals surface area contributed by atoms with Crippen molar-refractivity contribution in [2.45, 2.75) is 44.5 Å². The summed E-state index contributed by atoms with van der Waals surface area (Å²) >= 11 is 0. The van der Waals surface area contributed by atoms with Gasteiger partial charge in [-0.25, -0.2) is 17.9 Å². The summed E-state index contributed by atoms with van der Waals surface area (Å²) in [6, 6.07) is 0. The highest BCUT2D eigenvalue weighted by atomic mass is 32.2. The third kappa shape index (κ3) is 3.39. The molecule has 2 aliphatic rings. The molecule has 110 valence electrons. The minimum absolute atomic E-state index is 0.109. The lowest BCUT2D eigenvalue weighted by atomic mass is 10.0. The normalized spacial score (nSPS) is 30.6. The summed E-state index contributed by atoms with van der Waals surface area (Å²) < 4.78 is 31.7. The lowest BCUT2D eigenvalue weighted by molar-refractivity contribution is 0.0257. The number of amides is 1. The van der Waals surface area contributed by atoms with Gasteiger partial charge in [-0.1, -0.05) is 0 Å². The summed E-state index contributed by atoms with van der Waals surface area (Å²) in [4.78, 5) is 13.6. The van der Waals surface area contributed by atoms with Gasteiger partial charge in [0.2, 0.25) is 10.0 Å². The second-order valence-corrected chi connectivity index (χ2v) is 8.24. The number of nitrogens with zero attached hydrogens (tertiary/aromatic N) is 1. The molecule has 2 rings (SSSR count). The molecule has 0 aromatic heterocycles. The van der Waals surface area contributed by atoms with Crippen LogP contribution < -0.4 is 4.72 Å². The molecule has 2 atom stereocenters. The zero-order valence-electron chi connectivity index (χ0n) is 11.7. The SMILES string of the molecule is CC(C)(C)OC(=O)N1CCC[C@@H]2CNS(=O)(=O)[C@@H]2C1. The molecule has 6 nitrogen and oxygen atoms in total. The lowest BCUT2D eigenvalue weighted by Gasteiger charge is -2.27. The highest BCUT2D eigenvalue weighted by Gasteiger charge is 2.43. The molecule has 0 aromatic carbocycles. The minimum Gasteiger partial charge on any atom is -0.444 e. The molecule has 0 aliphatic carbocycles. The van der Waals surface area contributed by atoms with Crippen LogP contribution in [0.2, 0.25) is 0 Å². The number of rotatable bonds is 0. The van der Waals surface area contributed by atoms with Crippen molar-refractivity contribution < 1.29 is 17.9 Å². The Morgan fingerprint density at radius 1 is 1.37 bits per heavy atom. The van der Waals surface area contributed by atoms with Gasteiger partial charge in [0, 0.05) is 19.6 Å². The van der Waals surface area contributed by atoms with Gasteiger partial charge in [0.15, 0.2) is 0 Å². The van der Waals surface area contributed by atoms with Crippen molar-refractivity contribution in [1.82, 2.24) is 9.62 Å². The quantitative estimate of drug-likeness (QED) is 0.720. The van der Waals surface area contributed by atoms with Gasteiger partial charge in [0.1, 0.15) is 5.60 Å². The number of hydrogen-bond acceptors (Lipinski definition) is 4. The van der Waals surface area contributed by atoms with Crippen LogP contribution in [0.25, 0.3) is 0 Å². The number of sulfonamides is 1. The first-order chi connectivity index (χ1) is 8.69. The van der Waals surface area contributed by atoms with Gasteiger partial charge in [-0.05, 0) is 39.5 Å². The summed E-state index contributed by atoms with van der Waals surface area (Å²) in [5.74, 6) is 0.109. The van der Waals surface area contributed by atoms with E-state index in [1.54, 1.807) is 20.8 Å². The van der Waals surface area contributed by atoms with Crippen LogP contribution in [0, 0.1) is 5.92 Å². The van der Waals surface area contributed by atoms with E-state index < -0.39 is 27.0 Å². The topological polar surface area (TPSA) is 75.7 Å². The Morgan fingerprint density at radius 2 is 2.05 bits per heavy atom. The molecule has 0 bridgehead atoms. The highest BCUT2D eigenvalue weighted by Crippen LogP contribution is 2.28. The van der Waals surface area contributed by atoms with Gasteiger partial charge in [0.05, 0.1) is 5.25 Å². The smallest absolute Gasteiger partial charge is 0.410 e. The number of nitrogens with one attached hydrogen (secondary N) is 1. The molecule has 2 saturated heterocycles. The van der Waals surface area contributed by atoms with Gasteiger partial charge >= 0.3 is 6.09 Å². The Hall–Kier alpha value is -0.820. The van der Waals surface area contributed by atoms with Crippen molar-refractivity contribution >= 4 is 16.1 Å². The zero-order valence-corrected chi connectivity index (χ0v) is 12.5. The van der Waals surface area contributed by atoms with Crippen LogP contribution in [0.1, 0.15) is 33.6 Å². The highest BCUT2D eigenvalue weighted by molar-refractivity contribution is 7.90. The maximum absolute atomic E-state index is 12.1. The van der Waals surface area contributed by atoms with Gasteiger partial charge in [0.25, 0.3) is 0 Å². The van der Waals surface area contributed by atoms with Crippen LogP contribution in [0.3, 0.4) is 0 Å². The summed E-state index contributed by atoms with van der Waals surface area (Å²) in [6.07, 6.45) is 1.23. The van der Waals surface area contributed by atoms with Gasteiger partial charge in [-0.3, -0.25) is 0 Å². The molecule has 19 heavy (non-hydrogen) atoms. The van der Waals surface area contributed by atoms with E-state index >= 15 is 0 Å². The van der Waals surface area contributed by atoms with Gasteiger partial charge < -0.3 is 9.64 Å². The molecule has 2 fully saturated rings. The summed E-state index contributed by atoms with van der Waals surface area (Å²) in [5, 5.41) is -0.498. The first-order valence-electron chi connectivity index (χ1n) is 6.65. The van der Waals surface area contributed by atoms with Crippen LogP contribution in [0.5, 0.6) is 0 Å². The average Bonchev–Trinajstić information content (AvgIpc) is 2.47. The van der Waals surface area contributed by atoms with Crippen LogP contribution in [-0.2, 0) is 14.8 Å². The van der Waals surface area contributed by atoms with Crippen molar-refractivity contribution in [3.05, 3.63) is 0 Å². The maximum atomic E-state index is 12.1. The Morgan fingerprint density at radius 3 is 2.68 bits per heavy atom. The van der Waals surface area contributed by atoms with Gasteiger partial charge in [-0.15, -0.1) is 0 Å². The van der Waals surface area contributed by atoms with E-state index in [1.807, 2.05) is 0 Å². The summed E-state index contributed by atoms with van der Waals surface area (Å²) in [5.41, 5.74) is -0.560. The van der Waals surface area contributed by atoms with Crippen LogP contribution in [0.15, 0.2) is 0 Å². The Bertz CT molecular complexity index is 455. The number of fused-ring (bicyclic) bond motifs is 1. The minimum atomic E-state index is -3.28. The van der Waals surface area contributed by atoms with Crippen molar-refractivity contribution in [3.8, 4) is 0 Å². The van der Waals surface area contributed by atoms with Crippen molar-refractivity contribution in [3.63, 3.8) is 0 Å². The molecule has 0 radical (unpaired) electrons. The molecule has 7 heteroatoms. The fourth-order valence-corrected chi connectivity index (χ4v) is 4.37. The van der Waals surface area contributed by atoms with Crippen molar-refractivity contribution in [2.75, 3.05) is 19.6 Å². The fraction of sp³-hybridized carbons (Fsp3) is 0.917. The number of carbonyl (C=O) groups excluding carboxylic acids is 1. The number of carbonyl (C=O) groups is 1. The number of ether oxygens (including phenoxy) is 1. The summed E-state index contributed by atoms with van der Waals surface area (Å²) in [7, 11) is -3.28. The van der Waals surface area contributed by atoms with E-state index in [0.717, 1.165) is 12.8 Å². The Kier molecular flexibility index (Phi) is 3.79. The zero-order chi connectivity index (χ0) is 14.3. The predicted octanol–water partition coefficient (Wildman–Crippen LogP) is 0.935. The Labute approximate surface area is 114 Å². The second kappa shape index (κ2) is 4.94. The van der Waals surface area contributed by atoms with Crippen LogP contribution in [-0.4, -0.2) is 49.9 Å². The maximum Gasteiger partial charge on any atom is 0.410 e. The van der Waals surface area contributed by atoms with Crippen LogP contribution in [0.4, 0.5) is 4.79 Å². The molecule has 1 amide bonds. The van der Waals surface area contributed by atoms with E-state index in [4.69, 9.17) is 4.74 Å². The van der Waals surface area contributed by atoms with E-state index in [2.05, 4.69) is 4.72 Å². The van der Waals surface area contributed by atoms with E-state index in [-0.39, 0.29) is 12.5 Å². The number of hydrogen-bond donors (Lipinski definition) is 1. The largest absolute Gasteiger partial charge is 0.444 e. The first kappa shape index (κ1) is 14.6. The predicted molar refractivity (Wildman–Crippen MR) is 71.2 cm³/mol. The van der Waals surface area contributed by atoms with Crippen molar-refractivity contribution in [2.24, 2.45) is 5.92 Å². The van der Waals surface area contributed by atoms with E-state index in [9.17, 15) is 13.2 Å². The van der Waals surface area contributed by atoms with Crippen LogP contribution >= 0.6 is 0 Å². The molecule has 0 unspecified atom stereocenters. The molecule has 1 N–H and O–H groups in total. The molecular formula is C12H22N2O4S. The van der Waals surface area contributed by atoms with Crippen molar-refractivity contribution in [1.29, 1.82) is 0 Å². The molecule has 0 spiro atoms. The standard InChI is InChI=1S/C12H22N2O4S/c1-12(2,3)18-11(15)14-6-4-5-9-7-13-19(16,17)10(9)8-14/h9-10,13H,4-8H2,1-3H3/t9-,10-/m1/s1. The number of likely N-dealkylation sites (tertiary alicyclic amines) is 1. The van der Waals surface area contributed by atoms with Gasteiger partial charge in [-0.2, -0.15) is 0 Å². The molecule has 2 aliphatic heterocycles. The monoisotopic (exact) mass is 290 g/mol. The summed E-state index contributed by atoms with van der Waals surface area (Å²) in [6.45, 7) is 6.71. The fourth-order valence-electron chi connectivity index (χ4n) is 2.60. The third-order valence-corrected chi connectivity index (χ3v) is 5.43. The second-order valence-electron chi connectivity index (χ2n) is 6.26. The first-order valence-corrected chi connectivity index (χ1v) is 8.20. The van der Waals surface area contributed by atoms with E-state index in [0.29, 0.717) is 13.1 Å². The molecule has 0 saturated carbocycles. The molecular weight excluding hydrogens is 268 g/mol. The average molecular weight is 290 g/mol. The Balaban J connectivity index is 2.09. The van der Waals surface area contributed by atoms with E-state index in [1.165, 1.54) is 4.90 Å². The third-order valence-electron chi connectivity index (χ3n) is 3.53.